The SMILES string of the molecule is CC(=CCOc1ccc2ccc(=O)oc2c1)CCC=C(C)CCC(OC1OC(COC2OC(CO)C(O)C(O)C2O)C(O)C(O)C1O)C(C)(C)OC1OC(CO)C(O)C(O)C1O. The van der Waals surface area contributed by atoms with Crippen molar-refractivity contribution < 1.29 is 93.7 Å². The summed E-state index contributed by atoms with van der Waals surface area (Å²) in [7, 11) is 0. The molecule has 0 spiro atoms. The quantitative estimate of drug-likeness (QED) is 0.0549. The second kappa shape index (κ2) is 22.3. The molecule has 16 atom stereocenters. The fourth-order valence-electron chi connectivity index (χ4n) is 7.36. The van der Waals surface area contributed by atoms with Gasteiger partial charge < -0.3 is 93.7 Å². The fourth-order valence-corrected chi connectivity index (χ4v) is 7.36. The smallest absolute Gasteiger partial charge is 0.336 e. The molecule has 0 saturated carbocycles. The van der Waals surface area contributed by atoms with Crippen LogP contribution in [0.1, 0.15) is 53.4 Å². The van der Waals surface area contributed by atoms with Crippen molar-refractivity contribution in [3.8, 4) is 5.75 Å². The molecule has 1 aromatic carbocycles. The Balaban J connectivity index is 1.24. The number of fused-ring (bicyclic) bond motifs is 1. The van der Waals surface area contributed by atoms with Gasteiger partial charge in [-0.05, 0) is 77.7 Å². The van der Waals surface area contributed by atoms with E-state index < -0.39 is 129 Å². The first kappa shape index (κ1) is 50.0. The molecular formula is C42H62O20. The van der Waals surface area contributed by atoms with Crippen molar-refractivity contribution in [3.05, 3.63) is 64.1 Å². The highest BCUT2D eigenvalue weighted by Crippen LogP contribution is 2.34. The molecule has 1 aromatic heterocycles. The Kier molecular flexibility index (Phi) is 18.0. The van der Waals surface area contributed by atoms with Gasteiger partial charge in [0.05, 0.1) is 31.5 Å². The molecule has 62 heavy (non-hydrogen) atoms. The average Bonchev–Trinajstić information content (AvgIpc) is 3.24. The third-order valence-corrected chi connectivity index (χ3v) is 11.4. The van der Waals surface area contributed by atoms with Gasteiger partial charge in [0.2, 0.25) is 0 Å². The number of hydrogen-bond acceptors (Lipinski definition) is 20. The number of rotatable bonds is 19. The van der Waals surface area contributed by atoms with E-state index in [1.807, 2.05) is 26.0 Å². The van der Waals surface area contributed by atoms with Crippen LogP contribution in [0.3, 0.4) is 0 Å². The third kappa shape index (κ3) is 12.4. The molecule has 3 aliphatic heterocycles. The van der Waals surface area contributed by atoms with E-state index in [4.69, 9.17) is 37.6 Å². The molecule has 11 N–H and O–H groups in total. The van der Waals surface area contributed by atoms with Gasteiger partial charge in [0.1, 0.15) is 91.2 Å². The van der Waals surface area contributed by atoms with Crippen LogP contribution in [0.5, 0.6) is 5.75 Å². The lowest BCUT2D eigenvalue weighted by Gasteiger charge is -2.47. The van der Waals surface area contributed by atoms with Crippen LogP contribution >= 0.6 is 0 Å². The average molecular weight is 887 g/mol. The number of hydrogen-bond donors (Lipinski definition) is 11. The molecule has 16 unspecified atom stereocenters. The summed E-state index contributed by atoms with van der Waals surface area (Å²) in [6.45, 7) is 5.31. The maximum absolute atomic E-state index is 11.6. The van der Waals surface area contributed by atoms with Crippen molar-refractivity contribution >= 4 is 11.0 Å². The third-order valence-electron chi connectivity index (χ3n) is 11.4. The van der Waals surface area contributed by atoms with Crippen molar-refractivity contribution in [2.45, 2.75) is 157 Å². The van der Waals surface area contributed by atoms with Gasteiger partial charge in [-0.1, -0.05) is 17.2 Å². The molecule has 0 aliphatic carbocycles. The first-order valence-electron chi connectivity index (χ1n) is 20.6. The van der Waals surface area contributed by atoms with Gasteiger partial charge in [-0.2, -0.15) is 0 Å². The maximum Gasteiger partial charge on any atom is 0.336 e. The Bertz CT molecular complexity index is 1830. The second-order valence-corrected chi connectivity index (χ2v) is 16.5. The maximum atomic E-state index is 11.6. The van der Waals surface area contributed by atoms with E-state index in [1.165, 1.54) is 6.07 Å². The summed E-state index contributed by atoms with van der Waals surface area (Å²) >= 11 is 0. The molecule has 350 valence electrons. The van der Waals surface area contributed by atoms with E-state index in [0.29, 0.717) is 37.2 Å². The van der Waals surface area contributed by atoms with Crippen LogP contribution in [-0.2, 0) is 28.4 Å². The Labute approximate surface area is 357 Å². The minimum Gasteiger partial charge on any atom is -0.489 e. The van der Waals surface area contributed by atoms with Gasteiger partial charge in [0, 0.05) is 17.5 Å². The van der Waals surface area contributed by atoms with Crippen molar-refractivity contribution in [2.75, 3.05) is 26.4 Å². The van der Waals surface area contributed by atoms with E-state index in [9.17, 15) is 61.0 Å². The molecule has 3 fully saturated rings. The van der Waals surface area contributed by atoms with E-state index in [1.54, 1.807) is 38.1 Å². The normalized spacial score (nSPS) is 35.6. The molecule has 0 amide bonds. The Morgan fingerprint density at radius 1 is 0.694 bits per heavy atom. The minimum absolute atomic E-state index is 0.179. The molecule has 2 aromatic rings. The Morgan fingerprint density at radius 3 is 1.89 bits per heavy atom. The zero-order chi connectivity index (χ0) is 45.5. The molecule has 3 saturated heterocycles. The van der Waals surface area contributed by atoms with E-state index >= 15 is 0 Å². The molecule has 0 bridgehead atoms. The summed E-state index contributed by atoms with van der Waals surface area (Å²) in [5.74, 6) is 0.552. The number of allylic oxidation sites excluding steroid dienone is 3. The summed E-state index contributed by atoms with van der Waals surface area (Å²) in [6.07, 6.45) is -19.6. The number of aliphatic hydroxyl groups excluding tert-OH is 11. The Morgan fingerprint density at radius 2 is 1.24 bits per heavy atom. The van der Waals surface area contributed by atoms with Crippen LogP contribution < -0.4 is 10.4 Å². The minimum atomic E-state index is -1.84. The summed E-state index contributed by atoms with van der Waals surface area (Å²) in [5.41, 5.74) is 0.529. The molecule has 4 heterocycles. The zero-order valence-corrected chi connectivity index (χ0v) is 35.0. The molecule has 20 heteroatoms. The zero-order valence-electron chi connectivity index (χ0n) is 35.0. The number of aliphatic hydroxyl groups is 11. The van der Waals surface area contributed by atoms with Gasteiger partial charge >= 0.3 is 5.63 Å². The largest absolute Gasteiger partial charge is 0.489 e. The second-order valence-electron chi connectivity index (χ2n) is 16.5. The van der Waals surface area contributed by atoms with Crippen molar-refractivity contribution in [2.24, 2.45) is 0 Å². The van der Waals surface area contributed by atoms with Crippen molar-refractivity contribution in [1.82, 2.24) is 0 Å². The standard InChI is InChI=1S/C42H62O20/c1-20(6-5-7-21(2)14-15-55-23-11-9-22-10-13-29(45)57-24(22)16-23)8-12-28(42(3,4)62-41-38(54)34(50)31(47)26(18-44)59-41)61-40-37(53)35(51)32(48)27(60-40)19-56-39-36(52)33(49)30(46)25(17-43)58-39/h6,9-11,13-14,16,25-28,30-41,43-44,46-54H,5,7-8,12,15,17-19H2,1-4H3. The highest BCUT2D eigenvalue weighted by Gasteiger charge is 2.51. The van der Waals surface area contributed by atoms with Crippen molar-refractivity contribution in [1.29, 1.82) is 0 Å². The van der Waals surface area contributed by atoms with E-state index in [0.717, 1.165) is 16.5 Å². The first-order valence-corrected chi connectivity index (χ1v) is 20.6. The van der Waals surface area contributed by atoms with Gasteiger partial charge in [-0.3, -0.25) is 0 Å². The monoisotopic (exact) mass is 886 g/mol. The lowest BCUT2D eigenvalue weighted by Crippen LogP contribution is -2.63. The summed E-state index contributed by atoms with van der Waals surface area (Å²) in [6, 6.07) is 8.28. The molecule has 5 rings (SSSR count). The number of benzene rings is 1. The van der Waals surface area contributed by atoms with Crippen LogP contribution in [-0.4, -0.2) is 186 Å². The summed E-state index contributed by atoms with van der Waals surface area (Å²) in [4.78, 5) is 11.6. The molecular weight excluding hydrogens is 824 g/mol. The predicted molar refractivity (Wildman–Crippen MR) is 214 cm³/mol. The highest BCUT2D eigenvalue weighted by atomic mass is 16.8. The van der Waals surface area contributed by atoms with Crippen LogP contribution in [0.15, 0.2) is 62.8 Å². The van der Waals surface area contributed by atoms with Crippen LogP contribution in [0.4, 0.5) is 0 Å². The van der Waals surface area contributed by atoms with Crippen LogP contribution in [0, 0.1) is 0 Å². The van der Waals surface area contributed by atoms with Gasteiger partial charge in [0.25, 0.3) is 0 Å². The van der Waals surface area contributed by atoms with Crippen LogP contribution in [0.2, 0.25) is 0 Å². The predicted octanol–water partition coefficient (Wildman–Crippen LogP) is -1.77. The summed E-state index contributed by atoms with van der Waals surface area (Å²) in [5, 5.41) is 115. The van der Waals surface area contributed by atoms with Gasteiger partial charge in [-0.25, -0.2) is 4.79 Å². The lowest BCUT2D eigenvalue weighted by atomic mass is 9.93. The number of ether oxygens (including phenoxy) is 7. The van der Waals surface area contributed by atoms with E-state index in [2.05, 4.69) is 0 Å². The highest BCUT2D eigenvalue weighted by molar-refractivity contribution is 5.77. The topological polar surface area (TPSA) is 317 Å². The molecule has 0 radical (unpaired) electrons. The Hall–Kier alpha value is -2.97. The van der Waals surface area contributed by atoms with Gasteiger partial charge in [-0.15, -0.1) is 0 Å². The van der Waals surface area contributed by atoms with Gasteiger partial charge in [0.15, 0.2) is 18.9 Å². The molecule has 20 nitrogen and oxygen atoms in total. The van der Waals surface area contributed by atoms with E-state index in [-0.39, 0.29) is 6.42 Å². The van der Waals surface area contributed by atoms with Crippen molar-refractivity contribution in [3.63, 3.8) is 0 Å². The lowest BCUT2D eigenvalue weighted by molar-refractivity contribution is -0.360. The summed E-state index contributed by atoms with van der Waals surface area (Å²) < 4.78 is 45.9. The van der Waals surface area contributed by atoms with Crippen LogP contribution in [0.25, 0.3) is 11.0 Å². The first-order chi connectivity index (χ1) is 29.3. The fraction of sp³-hybridized carbons (Fsp3) is 0.690. The molecule has 3 aliphatic rings.